The summed E-state index contributed by atoms with van der Waals surface area (Å²) in [5, 5.41) is 19.2. The summed E-state index contributed by atoms with van der Waals surface area (Å²) < 4.78 is 8.91. The zero-order valence-electron chi connectivity index (χ0n) is 13.4. The number of ether oxygens (including phenoxy) is 2. The zero-order chi connectivity index (χ0) is 19.2. The molecule has 2 rings (SSSR count). The zero-order valence-corrected chi connectivity index (χ0v) is 13.4. The molecule has 2 bridgehead atoms. The SMILES string of the molecule is COC(=O)[C@H]1C[C@@]2(C(=O)O)C[C@](C(=O)O)(C[C@@H](C(=O)OC)C2=O)C1=O. The first-order valence-electron chi connectivity index (χ1n) is 7.28. The van der Waals surface area contributed by atoms with Crippen LogP contribution in [-0.4, -0.2) is 59.9 Å². The lowest BCUT2D eigenvalue weighted by Crippen LogP contribution is -2.65. The number of Topliss-reactive ketones (excluding diaryl/α,β-unsaturated/α-hetero) is 2. The molecule has 0 heterocycles. The quantitative estimate of drug-likeness (QED) is 0.474. The molecule has 4 atom stereocenters. The van der Waals surface area contributed by atoms with Crippen LogP contribution in [0.15, 0.2) is 0 Å². The monoisotopic (exact) mass is 356 g/mol. The summed E-state index contributed by atoms with van der Waals surface area (Å²) in [6.07, 6.45) is -2.33. The Morgan fingerprint density at radius 3 is 1.40 bits per heavy atom. The molecule has 0 radical (unpaired) electrons. The van der Waals surface area contributed by atoms with Crippen LogP contribution in [-0.2, 0) is 38.2 Å². The van der Waals surface area contributed by atoms with E-state index in [0.717, 1.165) is 14.2 Å². The normalized spacial score (nSPS) is 34.2. The Balaban J connectivity index is 2.71. The molecule has 2 N–H and O–H groups in total. The minimum Gasteiger partial charge on any atom is -0.480 e. The van der Waals surface area contributed by atoms with Crippen molar-refractivity contribution in [2.45, 2.75) is 19.3 Å². The minimum atomic E-state index is -2.36. The molecule has 2 aliphatic rings. The third-order valence-corrected chi connectivity index (χ3v) is 5.08. The standard InChI is InChI=1S/C15H16O10/c1-24-10(18)6-3-14(12(20)21)5-15(8(6)16,13(22)23)4-7(9(14)17)11(19)25-2/h6-7H,3-5H2,1-2H3,(H,20,21)(H,22,23)/t6-,7+,14-,15-/m1/s1. The van der Waals surface area contributed by atoms with Gasteiger partial charge in [0.15, 0.2) is 11.6 Å². The molecule has 0 spiro atoms. The highest BCUT2D eigenvalue weighted by molar-refractivity contribution is 6.20. The topological polar surface area (TPSA) is 161 Å². The highest BCUT2D eigenvalue weighted by Crippen LogP contribution is 2.56. The lowest BCUT2D eigenvalue weighted by molar-refractivity contribution is -0.186. The number of carbonyl (C=O) groups is 6. The molecule has 2 fully saturated rings. The second kappa shape index (κ2) is 5.94. The fourth-order valence-corrected chi connectivity index (χ4v) is 3.79. The molecule has 25 heavy (non-hydrogen) atoms. The maximum atomic E-state index is 12.7. The Kier molecular flexibility index (Phi) is 4.41. The number of rotatable bonds is 4. The largest absolute Gasteiger partial charge is 0.480 e. The van der Waals surface area contributed by atoms with Gasteiger partial charge in [0.25, 0.3) is 0 Å². The van der Waals surface area contributed by atoms with Crippen LogP contribution in [0.2, 0.25) is 0 Å². The van der Waals surface area contributed by atoms with Crippen molar-refractivity contribution < 1.29 is 48.5 Å². The van der Waals surface area contributed by atoms with Crippen LogP contribution in [0.4, 0.5) is 0 Å². The van der Waals surface area contributed by atoms with Crippen molar-refractivity contribution in [3.05, 3.63) is 0 Å². The van der Waals surface area contributed by atoms with Crippen LogP contribution >= 0.6 is 0 Å². The molecule has 2 aliphatic carbocycles. The van der Waals surface area contributed by atoms with E-state index in [1.807, 2.05) is 0 Å². The maximum Gasteiger partial charge on any atom is 0.317 e. The molecule has 136 valence electrons. The van der Waals surface area contributed by atoms with Gasteiger partial charge in [-0.1, -0.05) is 0 Å². The highest BCUT2D eigenvalue weighted by atomic mass is 16.5. The van der Waals surface area contributed by atoms with Crippen molar-refractivity contribution in [1.29, 1.82) is 0 Å². The van der Waals surface area contributed by atoms with Crippen molar-refractivity contribution >= 4 is 35.4 Å². The molecule has 0 unspecified atom stereocenters. The summed E-state index contributed by atoms with van der Waals surface area (Å²) in [4.78, 5) is 72.9. The van der Waals surface area contributed by atoms with Gasteiger partial charge in [-0.2, -0.15) is 0 Å². The van der Waals surface area contributed by atoms with Crippen molar-refractivity contribution in [2.75, 3.05) is 14.2 Å². The lowest BCUT2D eigenvalue weighted by Gasteiger charge is -2.49. The molecular formula is C15H16O10. The van der Waals surface area contributed by atoms with Crippen LogP contribution in [0.3, 0.4) is 0 Å². The van der Waals surface area contributed by atoms with Gasteiger partial charge < -0.3 is 19.7 Å². The molecule has 0 saturated heterocycles. The van der Waals surface area contributed by atoms with E-state index in [-0.39, 0.29) is 0 Å². The van der Waals surface area contributed by atoms with E-state index >= 15 is 0 Å². The number of fused-ring (bicyclic) bond motifs is 2. The third-order valence-electron chi connectivity index (χ3n) is 5.08. The molecular weight excluding hydrogens is 340 g/mol. The predicted molar refractivity (Wildman–Crippen MR) is 75.0 cm³/mol. The second-order valence-electron chi connectivity index (χ2n) is 6.24. The summed E-state index contributed by atoms with van der Waals surface area (Å²) in [5.41, 5.74) is -4.72. The molecule has 0 amide bonds. The number of carboxylic acid groups (broad SMARTS) is 2. The summed E-state index contributed by atoms with van der Waals surface area (Å²) in [7, 11) is 1.92. The van der Waals surface area contributed by atoms with Crippen molar-refractivity contribution in [1.82, 2.24) is 0 Å². The van der Waals surface area contributed by atoms with Crippen LogP contribution < -0.4 is 0 Å². The summed E-state index contributed by atoms with van der Waals surface area (Å²) in [5.74, 6) is -11.2. The first kappa shape index (κ1) is 18.6. The predicted octanol–water partition coefficient (Wildman–Crippen LogP) is -0.957. The molecule has 10 nitrogen and oxygen atoms in total. The Labute approximate surface area is 141 Å². The number of methoxy groups -OCH3 is 2. The van der Waals surface area contributed by atoms with Gasteiger partial charge >= 0.3 is 23.9 Å². The average molecular weight is 356 g/mol. The first-order valence-corrected chi connectivity index (χ1v) is 7.28. The number of hydrogen-bond donors (Lipinski definition) is 2. The Morgan fingerprint density at radius 2 is 1.16 bits per heavy atom. The second-order valence-corrected chi connectivity index (χ2v) is 6.24. The van der Waals surface area contributed by atoms with Gasteiger partial charge in [0.2, 0.25) is 0 Å². The summed E-state index contributed by atoms with van der Waals surface area (Å²) in [6, 6.07) is 0. The number of aliphatic carboxylic acids is 2. The Morgan fingerprint density at radius 1 is 0.840 bits per heavy atom. The lowest BCUT2D eigenvalue weighted by atomic mass is 9.48. The molecule has 0 aromatic rings. The van der Waals surface area contributed by atoms with Gasteiger partial charge in [0, 0.05) is 0 Å². The van der Waals surface area contributed by atoms with E-state index in [4.69, 9.17) is 0 Å². The molecule has 0 aromatic heterocycles. The number of ketones is 2. The number of esters is 2. The van der Waals surface area contributed by atoms with Gasteiger partial charge in [0.05, 0.1) is 14.2 Å². The van der Waals surface area contributed by atoms with E-state index in [1.165, 1.54) is 0 Å². The van der Waals surface area contributed by atoms with Gasteiger partial charge in [-0.05, 0) is 19.3 Å². The van der Waals surface area contributed by atoms with Crippen molar-refractivity contribution in [2.24, 2.45) is 22.7 Å². The van der Waals surface area contributed by atoms with E-state index in [0.29, 0.717) is 0 Å². The molecule has 0 aliphatic heterocycles. The smallest absolute Gasteiger partial charge is 0.317 e. The third kappa shape index (κ3) is 2.39. The highest BCUT2D eigenvalue weighted by Gasteiger charge is 2.71. The van der Waals surface area contributed by atoms with E-state index < -0.39 is 77.4 Å². The van der Waals surface area contributed by atoms with E-state index in [1.54, 1.807) is 0 Å². The number of carbonyl (C=O) groups excluding carboxylic acids is 4. The summed E-state index contributed by atoms with van der Waals surface area (Å²) in [6.45, 7) is 0. The van der Waals surface area contributed by atoms with Crippen molar-refractivity contribution in [3.8, 4) is 0 Å². The van der Waals surface area contributed by atoms with Crippen molar-refractivity contribution in [3.63, 3.8) is 0 Å². The fraction of sp³-hybridized carbons (Fsp3) is 0.600. The van der Waals surface area contributed by atoms with Crippen LogP contribution in [0.25, 0.3) is 0 Å². The molecule has 0 aromatic carbocycles. The van der Waals surface area contributed by atoms with Crippen LogP contribution in [0, 0.1) is 22.7 Å². The van der Waals surface area contributed by atoms with E-state index in [2.05, 4.69) is 9.47 Å². The average Bonchev–Trinajstić information content (AvgIpc) is 2.58. The van der Waals surface area contributed by atoms with Gasteiger partial charge in [-0.3, -0.25) is 28.8 Å². The van der Waals surface area contributed by atoms with Gasteiger partial charge in [0.1, 0.15) is 22.7 Å². The number of carboxylic acids is 2. The molecule has 10 heteroatoms. The minimum absolute atomic E-state index is 0.755. The fourth-order valence-electron chi connectivity index (χ4n) is 3.79. The Bertz CT molecular complexity index is 636. The Hall–Kier alpha value is -2.78. The van der Waals surface area contributed by atoms with E-state index in [9.17, 15) is 39.0 Å². The first-order chi connectivity index (χ1) is 11.6. The maximum absolute atomic E-state index is 12.7. The number of hydrogen-bond acceptors (Lipinski definition) is 8. The molecule has 2 saturated carbocycles. The van der Waals surface area contributed by atoms with Crippen LogP contribution in [0.1, 0.15) is 19.3 Å². The van der Waals surface area contributed by atoms with Crippen LogP contribution in [0.5, 0.6) is 0 Å². The summed E-state index contributed by atoms with van der Waals surface area (Å²) >= 11 is 0. The van der Waals surface area contributed by atoms with Gasteiger partial charge in [-0.15, -0.1) is 0 Å². The van der Waals surface area contributed by atoms with Gasteiger partial charge in [-0.25, -0.2) is 0 Å².